The molecule has 1 aliphatic rings. The number of aryl methyl sites for hydroxylation is 1. The van der Waals surface area contributed by atoms with Gasteiger partial charge in [0.1, 0.15) is 6.61 Å². The Hall–Kier alpha value is -3.52. The molecule has 2 aromatic heterocycles. The molecule has 33 heavy (non-hydrogen) atoms. The molecule has 0 saturated carbocycles. The largest absolute Gasteiger partial charge is 0.485 e. The van der Waals surface area contributed by atoms with Crippen LogP contribution in [0.25, 0.3) is 10.9 Å². The number of para-hydroxylation sites is 3. The van der Waals surface area contributed by atoms with Gasteiger partial charge in [-0.25, -0.2) is 0 Å². The van der Waals surface area contributed by atoms with E-state index in [1.54, 1.807) is 6.08 Å². The molecule has 0 unspecified atom stereocenters. The fourth-order valence-electron chi connectivity index (χ4n) is 4.08. The van der Waals surface area contributed by atoms with Gasteiger partial charge in [-0.1, -0.05) is 48.2 Å². The number of Topliss-reactive ketones (excluding diaryl/α,β-unsaturated/α-hetero) is 1. The van der Waals surface area contributed by atoms with Crippen molar-refractivity contribution in [2.45, 2.75) is 36.9 Å². The van der Waals surface area contributed by atoms with Crippen molar-refractivity contribution >= 4 is 28.4 Å². The summed E-state index contributed by atoms with van der Waals surface area (Å²) in [6.07, 6.45) is 1.38. The van der Waals surface area contributed by atoms with Crippen molar-refractivity contribution < 1.29 is 14.3 Å². The van der Waals surface area contributed by atoms with Crippen molar-refractivity contribution in [1.29, 1.82) is 0 Å². The third-order valence-corrected chi connectivity index (χ3v) is 6.73. The second kappa shape index (κ2) is 8.78. The van der Waals surface area contributed by atoms with Gasteiger partial charge < -0.3 is 14.5 Å². The van der Waals surface area contributed by atoms with E-state index in [1.165, 1.54) is 11.8 Å². The number of hydrogen-bond acceptors (Lipinski definition) is 6. The summed E-state index contributed by atoms with van der Waals surface area (Å²) in [4.78, 5) is 16.7. The third-order valence-electron chi connectivity index (χ3n) is 5.65. The molecule has 168 valence electrons. The van der Waals surface area contributed by atoms with Crippen molar-refractivity contribution in [1.82, 2.24) is 19.7 Å². The Balaban J connectivity index is 1.41. The quantitative estimate of drug-likeness (QED) is 0.234. The van der Waals surface area contributed by atoms with Crippen LogP contribution in [0.1, 0.15) is 34.9 Å². The van der Waals surface area contributed by atoms with Crippen LogP contribution in [-0.4, -0.2) is 37.4 Å². The first-order valence-corrected chi connectivity index (χ1v) is 11.7. The Morgan fingerprint density at radius 2 is 2.00 bits per heavy atom. The molecule has 3 heterocycles. The van der Waals surface area contributed by atoms with Crippen LogP contribution in [0, 0.1) is 6.92 Å². The van der Waals surface area contributed by atoms with Gasteiger partial charge >= 0.3 is 0 Å². The first kappa shape index (κ1) is 21.3. The fourth-order valence-corrected chi connectivity index (χ4v) is 5.01. The summed E-state index contributed by atoms with van der Waals surface area (Å²) in [7, 11) is 0. The second-order valence-electron chi connectivity index (χ2n) is 7.90. The van der Waals surface area contributed by atoms with Gasteiger partial charge in [-0.05, 0) is 32.0 Å². The zero-order valence-corrected chi connectivity index (χ0v) is 19.3. The van der Waals surface area contributed by atoms with Gasteiger partial charge in [-0.15, -0.1) is 16.8 Å². The van der Waals surface area contributed by atoms with Crippen LogP contribution in [0.4, 0.5) is 0 Å². The highest BCUT2D eigenvalue weighted by molar-refractivity contribution is 8.00. The smallest absolute Gasteiger partial charge is 0.192 e. The Bertz CT molecular complexity index is 1340. The Kier molecular flexibility index (Phi) is 5.68. The molecule has 4 aromatic rings. The molecule has 0 fully saturated rings. The Labute approximate surface area is 195 Å². The number of ketones is 1. The van der Waals surface area contributed by atoms with Crippen molar-refractivity contribution in [3.63, 3.8) is 0 Å². The summed E-state index contributed by atoms with van der Waals surface area (Å²) in [5.74, 6) is 2.09. The maximum atomic E-state index is 13.4. The number of hydrogen-bond donors (Lipinski definition) is 1. The van der Waals surface area contributed by atoms with Crippen LogP contribution in [0.5, 0.6) is 11.5 Å². The minimum atomic E-state index is -0.399. The number of aromatic nitrogens is 4. The van der Waals surface area contributed by atoms with Crippen molar-refractivity contribution in [3.8, 4) is 11.5 Å². The number of thioether (sulfide) groups is 1. The summed E-state index contributed by atoms with van der Waals surface area (Å²) >= 11 is 1.39. The molecular weight excluding hydrogens is 436 g/mol. The van der Waals surface area contributed by atoms with Crippen LogP contribution in [0.15, 0.2) is 66.3 Å². The number of aromatic amines is 1. The van der Waals surface area contributed by atoms with Gasteiger partial charge in [-0.2, -0.15) is 0 Å². The molecule has 0 bridgehead atoms. The molecule has 0 aliphatic carbocycles. The topological polar surface area (TPSA) is 82.0 Å². The first-order chi connectivity index (χ1) is 16.1. The number of nitrogens with zero attached hydrogens (tertiary/aromatic N) is 3. The molecule has 2 atom stereocenters. The molecular formula is C25H24N4O3S. The summed E-state index contributed by atoms with van der Waals surface area (Å²) in [6, 6.07) is 15.4. The second-order valence-corrected chi connectivity index (χ2v) is 9.21. The molecule has 1 N–H and O–H groups in total. The van der Waals surface area contributed by atoms with E-state index < -0.39 is 6.10 Å². The van der Waals surface area contributed by atoms with E-state index >= 15 is 0 Å². The van der Waals surface area contributed by atoms with Crippen LogP contribution in [0.3, 0.4) is 0 Å². The number of nitrogens with one attached hydrogen (secondary N) is 1. The third kappa shape index (κ3) is 3.91. The molecule has 7 nitrogen and oxygen atoms in total. The van der Waals surface area contributed by atoms with Crippen LogP contribution in [0.2, 0.25) is 0 Å². The SMILES string of the molecule is C=CCn1c(S[C@@H](C)C(=O)c2c(C)[nH]c3ccccc23)nnc1[C@H]1COc2ccccc2O1. The number of fused-ring (bicyclic) bond motifs is 2. The summed E-state index contributed by atoms with van der Waals surface area (Å²) in [5, 5.41) is 10.0. The molecule has 0 saturated heterocycles. The number of carbonyl (C=O) groups excluding carboxylic acids is 1. The minimum absolute atomic E-state index is 0.0517. The molecule has 0 amide bonds. The lowest BCUT2D eigenvalue weighted by Gasteiger charge is -2.26. The average molecular weight is 461 g/mol. The van der Waals surface area contributed by atoms with Gasteiger partial charge in [0, 0.05) is 28.7 Å². The standard InChI is InChI=1S/C25H24N4O3S/c1-4-13-29-24(21-14-31-19-11-7-8-12-20(19)32-21)27-28-25(29)33-16(3)23(30)22-15(2)26-18-10-6-5-9-17(18)22/h4-12,16,21,26H,1,13-14H2,2-3H3/t16-,21+/m0/s1. The first-order valence-electron chi connectivity index (χ1n) is 10.8. The number of benzene rings is 2. The number of rotatable bonds is 7. The summed E-state index contributed by atoms with van der Waals surface area (Å²) < 4.78 is 13.9. The fraction of sp³-hybridized carbons (Fsp3) is 0.240. The van der Waals surface area contributed by atoms with E-state index in [1.807, 2.05) is 66.9 Å². The molecule has 0 spiro atoms. The number of allylic oxidation sites excluding steroid dienone is 1. The summed E-state index contributed by atoms with van der Waals surface area (Å²) in [6.45, 7) is 8.54. The highest BCUT2D eigenvalue weighted by Crippen LogP contribution is 2.37. The zero-order chi connectivity index (χ0) is 22.9. The van der Waals surface area contributed by atoms with E-state index in [0.29, 0.717) is 35.6 Å². The van der Waals surface area contributed by atoms with Crippen molar-refractivity contribution in [2.75, 3.05) is 6.61 Å². The predicted molar refractivity (Wildman–Crippen MR) is 128 cm³/mol. The average Bonchev–Trinajstić information content (AvgIpc) is 3.38. The molecule has 8 heteroatoms. The molecule has 1 aliphatic heterocycles. The monoisotopic (exact) mass is 460 g/mol. The van der Waals surface area contributed by atoms with E-state index in [0.717, 1.165) is 22.2 Å². The highest BCUT2D eigenvalue weighted by Gasteiger charge is 2.30. The molecule has 5 rings (SSSR count). The van der Waals surface area contributed by atoms with Crippen LogP contribution >= 0.6 is 11.8 Å². The zero-order valence-electron chi connectivity index (χ0n) is 18.4. The van der Waals surface area contributed by atoms with Gasteiger partial charge in [0.15, 0.2) is 34.4 Å². The maximum Gasteiger partial charge on any atom is 0.192 e. The highest BCUT2D eigenvalue weighted by atomic mass is 32.2. The normalized spacial score (nSPS) is 16.0. The lowest BCUT2D eigenvalue weighted by atomic mass is 10.1. The van der Waals surface area contributed by atoms with E-state index in [4.69, 9.17) is 9.47 Å². The van der Waals surface area contributed by atoms with Gasteiger partial charge in [0.05, 0.1) is 5.25 Å². The molecule has 2 aromatic carbocycles. The number of ether oxygens (including phenoxy) is 2. The van der Waals surface area contributed by atoms with Crippen LogP contribution < -0.4 is 9.47 Å². The van der Waals surface area contributed by atoms with E-state index in [2.05, 4.69) is 21.8 Å². The Morgan fingerprint density at radius 1 is 1.24 bits per heavy atom. The van der Waals surface area contributed by atoms with E-state index in [9.17, 15) is 4.79 Å². The minimum Gasteiger partial charge on any atom is -0.485 e. The van der Waals surface area contributed by atoms with Crippen LogP contribution in [-0.2, 0) is 6.54 Å². The van der Waals surface area contributed by atoms with Crippen molar-refractivity contribution in [3.05, 3.63) is 78.3 Å². The van der Waals surface area contributed by atoms with Gasteiger partial charge in [0.2, 0.25) is 0 Å². The van der Waals surface area contributed by atoms with Gasteiger partial charge in [0.25, 0.3) is 0 Å². The molecule has 0 radical (unpaired) electrons. The Morgan fingerprint density at radius 3 is 2.82 bits per heavy atom. The maximum absolute atomic E-state index is 13.4. The van der Waals surface area contributed by atoms with E-state index in [-0.39, 0.29) is 11.0 Å². The summed E-state index contributed by atoms with van der Waals surface area (Å²) in [5.41, 5.74) is 2.55. The van der Waals surface area contributed by atoms with Crippen molar-refractivity contribution in [2.24, 2.45) is 0 Å². The van der Waals surface area contributed by atoms with Gasteiger partial charge in [-0.3, -0.25) is 9.36 Å². The predicted octanol–water partition coefficient (Wildman–Crippen LogP) is 5.13. The lowest BCUT2D eigenvalue weighted by Crippen LogP contribution is -2.25. The number of carbonyl (C=O) groups is 1. The lowest BCUT2D eigenvalue weighted by molar-refractivity contribution is 0.0821. The number of H-pyrrole nitrogens is 1.